The van der Waals surface area contributed by atoms with Gasteiger partial charge in [0.1, 0.15) is 0 Å². The summed E-state index contributed by atoms with van der Waals surface area (Å²) >= 11 is 0. The van der Waals surface area contributed by atoms with Crippen LogP contribution in [0.5, 0.6) is 0 Å². The molecular formula is C19H21NO2. The maximum atomic E-state index is 12.6. The van der Waals surface area contributed by atoms with Crippen LogP contribution in [-0.4, -0.2) is 37.1 Å². The van der Waals surface area contributed by atoms with Gasteiger partial charge in [-0.25, -0.2) is 0 Å². The molecule has 2 aromatic rings. The minimum atomic E-state index is 0.109. The molecule has 22 heavy (non-hydrogen) atoms. The number of rotatable bonds is 4. The third-order valence-electron chi connectivity index (χ3n) is 4.15. The van der Waals surface area contributed by atoms with Crippen LogP contribution in [0.2, 0.25) is 0 Å². The van der Waals surface area contributed by atoms with Gasteiger partial charge in [-0.05, 0) is 11.1 Å². The molecule has 3 heteroatoms. The van der Waals surface area contributed by atoms with E-state index in [4.69, 9.17) is 4.74 Å². The number of nitrogens with zero attached hydrogens (tertiary/aromatic N) is 1. The van der Waals surface area contributed by atoms with Crippen molar-refractivity contribution in [2.45, 2.75) is 12.3 Å². The second kappa shape index (κ2) is 7.23. The van der Waals surface area contributed by atoms with Crippen molar-refractivity contribution in [2.75, 3.05) is 26.3 Å². The molecule has 0 aliphatic carbocycles. The fraction of sp³-hybridized carbons (Fsp3) is 0.316. The Bertz CT molecular complexity index is 552. The number of amides is 1. The normalized spacial score (nSPS) is 15.0. The van der Waals surface area contributed by atoms with E-state index in [9.17, 15) is 4.79 Å². The molecule has 0 N–H and O–H groups in total. The summed E-state index contributed by atoms with van der Waals surface area (Å²) in [7, 11) is 0. The Morgan fingerprint density at radius 2 is 1.41 bits per heavy atom. The quantitative estimate of drug-likeness (QED) is 0.867. The molecule has 1 saturated heterocycles. The molecule has 3 rings (SSSR count). The summed E-state index contributed by atoms with van der Waals surface area (Å²) in [6.07, 6.45) is 0.508. The van der Waals surface area contributed by atoms with E-state index in [1.807, 2.05) is 41.3 Å². The molecule has 114 valence electrons. The number of carbonyl (C=O) groups excluding carboxylic acids is 1. The second-order valence-electron chi connectivity index (χ2n) is 5.57. The Morgan fingerprint density at radius 1 is 0.909 bits per heavy atom. The number of morpholine rings is 1. The molecule has 0 bridgehead atoms. The molecule has 1 aliphatic heterocycles. The van der Waals surface area contributed by atoms with Gasteiger partial charge in [0.25, 0.3) is 0 Å². The predicted octanol–water partition coefficient (Wildman–Crippen LogP) is 3.07. The summed E-state index contributed by atoms with van der Waals surface area (Å²) in [6.45, 7) is 2.70. The molecule has 0 spiro atoms. The van der Waals surface area contributed by atoms with Crippen LogP contribution in [0.1, 0.15) is 23.5 Å². The molecule has 0 radical (unpaired) electrons. The molecule has 0 saturated carbocycles. The first-order chi connectivity index (χ1) is 10.8. The minimum Gasteiger partial charge on any atom is -0.378 e. The monoisotopic (exact) mass is 295 g/mol. The summed E-state index contributed by atoms with van der Waals surface area (Å²) in [5.41, 5.74) is 2.38. The zero-order valence-corrected chi connectivity index (χ0v) is 12.7. The molecule has 0 atom stereocenters. The molecule has 0 aromatic heterocycles. The summed E-state index contributed by atoms with van der Waals surface area (Å²) in [5.74, 6) is 0.318. The minimum absolute atomic E-state index is 0.109. The Balaban J connectivity index is 1.81. The molecule has 1 fully saturated rings. The van der Waals surface area contributed by atoms with Gasteiger partial charge in [0.05, 0.1) is 13.2 Å². The highest BCUT2D eigenvalue weighted by Crippen LogP contribution is 2.28. The van der Waals surface area contributed by atoms with Gasteiger partial charge in [0.2, 0.25) is 5.91 Å². The summed E-state index contributed by atoms with van der Waals surface area (Å²) < 4.78 is 5.33. The van der Waals surface area contributed by atoms with Crippen LogP contribution >= 0.6 is 0 Å². The second-order valence-corrected chi connectivity index (χ2v) is 5.57. The highest BCUT2D eigenvalue weighted by Gasteiger charge is 2.23. The van der Waals surface area contributed by atoms with Crippen molar-refractivity contribution >= 4 is 5.91 Å². The first kappa shape index (κ1) is 14.8. The van der Waals surface area contributed by atoms with Crippen molar-refractivity contribution in [2.24, 2.45) is 0 Å². The van der Waals surface area contributed by atoms with Crippen LogP contribution in [0.25, 0.3) is 0 Å². The third-order valence-corrected chi connectivity index (χ3v) is 4.15. The summed E-state index contributed by atoms with van der Waals surface area (Å²) in [4.78, 5) is 14.5. The fourth-order valence-electron chi connectivity index (χ4n) is 2.92. The van der Waals surface area contributed by atoms with E-state index in [1.54, 1.807) is 0 Å². The van der Waals surface area contributed by atoms with Crippen molar-refractivity contribution in [3.63, 3.8) is 0 Å². The largest absolute Gasteiger partial charge is 0.378 e. The van der Waals surface area contributed by atoms with Crippen molar-refractivity contribution in [3.05, 3.63) is 71.8 Å². The van der Waals surface area contributed by atoms with Crippen LogP contribution < -0.4 is 0 Å². The van der Waals surface area contributed by atoms with Gasteiger partial charge in [0.15, 0.2) is 0 Å². The van der Waals surface area contributed by atoms with E-state index < -0.39 is 0 Å². The van der Waals surface area contributed by atoms with Gasteiger partial charge < -0.3 is 9.64 Å². The van der Waals surface area contributed by atoms with Crippen molar-refractivity contribution < 1.29 is 9.53 Å². The van der Waals surface area contributed by atoms with Crippen LogP contribution in [0, 0.1) is 0 Å². The Morgan fingerprint density at radius 3 is 1.91 bits per heavy atom. The maximum absolute atomic E-state index is 12.6. The highest BCUT2D eigenvalue weighted by molar-refractivity contribution is 5.78. The molecule has 0 unspecified atom stereocenters. The van der Waals surface area contributed by atoms with E-state index in [-0.39, 0.29) is 11.8 Å². The van der Waals surface area contributed by atoms with Gasteiger partial charge in [-0.15, -0.1) is 0 Å². The standard InChI is InChI=1S/C19H21NO2/c21-19(20-11-13-22-14-12-20)15-18(16-7-3-1-4-8-16)17-9-5-2-6-10-17/h1-10,18H,11-15H2. The van der Waals surface area contributed by atoms with Gasteiger partial charge in [-0.2, -0.15) is 0 Å². The van der Waals surface area contributed by atoms with Gasteiger partial charge in [0, 0.05) is 25.4 Å². The van der Waals surface area contributed by atoms with Crippen LogP contribution in [0.4, 0.5) is 0 Å². The zero-order valence-electron chi connectivity index (χ0n) is 12.7. The maximum Gasteiger partial charge on any atom is 0.223 e. The smallest absolute Gasteiger partial charge is 0.223 e. The third kappa shape index (κ3) is 3.55. The predicted molar refractivity (Wildman–Crippen MR) is 86.7 cm³/mol. The molecule has 2 aromatic carbocycles. The lowest BCUT2D eigenvalue weighted by atomic mass is 9.88. The number of hydrogen-bond donors (Lipinski definition) is 0. The summed E-state index contributed by atoms with van der Waals surface area (Å²) in [6, 6.07) is 20.6. The van der Waals surface area contributed by atoms with E-state index in [0.717, 1.165) is 0 Å². The number of hydrogen-bond acceptors (Lipinski definition) is 2. The van der Waals surface area contributed by atoms with Crippen molar-refractivity contribution in [3.8, 4) is 0 Å². The molecule has 3 nitrogen and oxygen atoms in total. The lowest BCUT2D eigenvalue weighted by Gasteiger charge is -2.29. The first-order valence-corrected chi connectivity index (χ1v) is 7.80. The van der Waals surface area contributed by atoms with E-state index in [0.29, 0.717) is 32.7 Å². The van der Waals surface area contributed by atoms with Gasteiger partial charge in [-0.1, -0.05) is 60.7 Å². The highest BCUT2D eigenvalue weighted by atomic mass is 16.5. The average molecular weight is 295 g/mol. The van der Waals surface area contributed by atoms with Crippen molar-refractivity contribution in [1.82, 2.24) is 4.90 Å². The van der Waals surface area contributed by atoms with Crippen LogP contribution in [-0.2, 0) is 9.53 Å². The summed E-state index contributed by atoms with van der Waals surface area (Å²) in [5, 5.41) is 0. The van der Waals surface area contributed by atoms with Crippen LogP contribution in [0.3, 0.4) is 0 Å². The Kier molecular flexibility index (Phi) is 4.86. The lowest BCUT2D eigenvalue weighted by Crippen LogP contribution is -2.41. The first-order valence-electron chi connectivity index (χ1n) is 7.80. The van der Waals surface area contributed by atoms with Gasteiger partial charge >= 0.3 is 0 Å². The lowest BCUT2D eigenvalue weighted by molar-refractivity contribution is -0.135. The average Bonchev–Trinajstić information content (AvgIpc) is 2.62. The SMILES string of the molecule is O=C(CC(c1ccccc1)c1ccccc1)N1CCOCC1. The number of carbonyl (C=O) groups is 1. The van der Waals surface area contributed by atoms with E-state index in [2.05, 4.69) is 24.3 Å². The zero-order chi connectivity index (χ0) is 15.2. The van der Waals surface area contributed by atoms with Crippen molar-refractivity contribution in [1.29, 1.82) is 0 Å². The fourth-order valence-corrected chi connectivity index (χ4v) is 2.92. The Hall–Kier alpha value is -2.13. The number of ether oxygens (including phenoxy) is 1. The van der Waals surface area contributed by atoms with E-state index in [1.165, 1.54) is 11.1 Å². The topological polar surface area (TPSA) is 29.5 Å². The molecule has 1 heterocycles. The molecule has 1 aliphatic rings. The van der Waals surface area contributed by atoms with Gasteiger partial charge in [-0.3, -0.25) is 4.79 Å². The van der Waals surface area contributed by atoms with Crippen LogP contribution in [0.15, 0.2) is 60.7 Å². The molecular weight excluding hydrogens is 274 g/mol. The number of benzene rings is 2. The Labute approximate surface area is 131 Å². The van der Waals surface area contributed by atoms with E-state index >= 15 is 0 Å². The molecule has 1 amide bonds.